The summed E-state index contributed by atoms with van der Waals surface area (Å²) in [5.74, 6) is -1.01. The number of aromatic carboxylic acids is 1. The van der Waals surface area contributed by atoms with E-state index >= 15 is 0 Å². The molecule has 0 saturated carbocycles. The molecular formula is C12H9N3O2S. The second-order valence-corrected chi connectivity index (χ2v) is 4.81. The standard InChI is InChI=1S/C12H9N3O2S/c1-7-5-9(10-3-2-4-18-10)15-11(14-7)8(6-13-15)12(16)17/h2-6H,1H3,(H,16,17). The number of carbonyl (C=O) groups is 1. The number of thiophene rings is 1. The van der Waals surface area contributed by atoms with Gasteiger partial charge in [0.2, 0.25) is 0 Å². The zero-order valence-electron chi connectivity index (χ0n) is 9.49. The Kier molecular flexibility index (Phi) is 2.38. The second kappa shape index (κ2) is 3.92. The first kappa shape index (κ1) is 10.9. The first-order valence-electron chi connectivity index (χ1n) is 5.29. The summed E-state index contributed by atoms with van der Waals surface area (Å²) in [6.07, 6.45) is 1.33. The molecule has 0 fully saturated rings. The predicted molar refractivity (Wildman–Crippen MR) is 68.0 cm³/mol. The predicted octanol–water partition coefficient (Wildman–Crippen LogP) is 2.46. The van der Waals surface area contributed by atoms with Crippen molar-refractivity contribution in [2.45, 2.75) is 6.92 Å². The number of nitrogens with zero attached hydrogens (tertiary/aromatic N) is 3. The van der Waals surface area contributed by atoms with E-state index in [4.69, 9.17) is 5.11 Å². The lowest BCUT2D eigenvalue weighted by molar-refractivity contribution is 0.0699. The molecule has 3 rings (SSSR count). The van der Waals surface area contributed by atoms with Gasteiger partial charge in [-0.25, -0.2) is 14.3 Å². The molecule has 1 N–H and O–H groups in total. The highest BCUT2D eigenvalue weighted by molar-refractivity contribution is 7.13. The second-order valence-electron chi connectivity index (χ2n) is 3.86. The van der Waals surface area contributed by atoms with Crippen LogP contribution in [-0.2, 0) is 0 Å². The third-order valence-electron chi connectivity index (χ3n) is 2.60. The molecule has 0 aliphatic heterocycles. The Bertz CT molecular complexity index is 731. The summed E-state index contributed by atoms with van der Waals surface area (Å²) in [7, 11) is 0. The van der Waals surface area contributed by atoms with Crippen LogP contribution in [0.2, 0.25) is 0 Å². The largest absolute Gasteiger partial charge is 0.477 e. The van der Waals surface area contributed by atoms with E-state index in [2.05, 4.69) is 10.1 Å². The Labute approximate surface area is 106 Å². The minimum atomic E-state index is -1.01. The maximum atomic E-state index is 11.1. The molecule has 0 radical (unpaired) electrons. The summed E-state index contributed by atoms with van der Waals surface area (Å²) >= 11 is 1.58. The van der Waals surface area contributed by atoms with E-state index in [9.17, 15) is 4.79 Å². The fourth-order valence-corrected chi connectivity index (χ4v) is 2.56. The van der Waals surface area contributed by atoms with Crippen molar-refractivity contribution < 1.29 is 9.90 Å². The molecule has 0 amide bonds. The first-order chi connectivity index (χ1) is 8.66. The Morgan fingerprint density at radius 3 is 3.00 bits per heavy atom. The first-order valence-corrected chi connectivity index (χ1v) is 6.17. The van der Waals surface area contributed by atoms with Gasteiger partial charge in [0, 0.05) is 5.69 Å². The van der Waals surface area contributed by atoms with Crippen molar-refractivity contribution in [2.75, 3.05) is 0 Å². The van der Waals surface area contributed by atoms with Gasteiger partial charge >= 0.3 is 5.97 Å². The molecule has 0 unspecified atom stereocenters. The molecule has 0 aromatic carbocycles. The smallest absolute Gasteiger partial charge is 0.341 e. The number of fused-ring (bicyclic) bond motifs is 1. The van der Waals surface area contributed by atoms with Gasteiger partial charge in [-0.3, -0.25) is 0 Å². The van der Waals surface area contributed by atoms with E-state index in [0.717, 1.165) is 16.3 Å². The number of hydrogen-bond acceptors (Lipinski definition) is 4. The van der Waals surface area contributed by atoms with Gasteiger partial charge in [0.25, 0.3) is 0 Å². The highest BCUT2D eigenvalue weighted by Crippen LogP contribution is 2.26. The van der Waals surface area contributed by atoms with Gasteiger partial charge in [0.15, 0.2) is 5.65 Å². The summed E-state index contributed by atoms with van der Waals surface area (Å²) in [6, 6.07) is 5.82. The van der Waals surface area contributed by atoms with Gasteiger partial charge in [-0.1, -0.05) is 6.07 Å². The normalized spacial score (nSPS) is 10.9. The molecule has 90 valence electrons. The van der Waals surface area contributed by atoms with Crippen molar-refractivity contribution in [3.8, 4) is 10.6 Å². The van der Waals surface area contributed by atoms with Gasteiger partial charge in [-0.15, -0.1) is 11.3 Å². The van der Waals surface area contributed by atoms with E-state index in [1.165, 1.54) is 6.20 Å². The highest BCUT2D eigenvalue weighted by Gasteiger charge is 2.16. The molecule has 5 nitrogen and oxygen atoms in total. The summed E-state index contributed by atoms with van der Waals surface area (Å²) in [4.78, 5) is 16.4. The molecule has 0 aliphatic rings. The number of rotatable bonds is 2. The Morgan fingerprint density at radius 1 is 1.50 bits per heavy atom. The van der Waals surface area contributed by atoms with Crippen molar-refractivity contribution in [2.24, 2.45) is 0 Å². The minimum Gasteiger partial charge on any atom is -0.477 e. The molecular weight excluding hydrogens is 250 g/mol. The Hall–Kier alpha value is -2.21. The molecule has 3 aromatic heterocycles. The average Bonchev–Trinajstić information content (AvgIpc) is 2.96. The third kappa shape index (κ3) is 1.58. The van der Waals surface area contributed by atoms with Crippen molar-refractivity contribution >= 4 is 23.0 Å². The number of aromatic nitrogens is 3. The zero-order valence-corrected chi connectivity index (χ0v) is 10.3. The van der Waals surface area contributed by atoms with Crippen LogP contribution in [0.15, 0.2) is 29.8 Å². The summed E-state index contributed by atoms with van der Waals surface area (Å²) in [5.41, 5.74) is 2.14. The highest BCUT2D eigenvalue weighted by atomic mass is 32.1. The quantitative estimate of drug-likeness (QED) is 0.767. The van der Waals surface area contributed by atoms with Crippen LogP contribution in [-0.4, -0.2) is 25.7 Å². The van der Waals surface area contributed by atoms with Crippen molar-refractivity contribution in [3.63, 3.8) is 0 Å². The summed E-state index contributed by atoms with van der Waals surface area (Å²) < 4.78 is 1.57. The molecule has 6 heteroatoms. The fraction of sp³-hybridized carbons (Fsp3) is 0.0833. The lowest BCUT2D eigenvalue weighted by Crippen LogP contribution is -2.01. The molecule has 0 bridgehead atoms. The number of carboxylic acid groups (broad SMARTS) is 1. The SMILES string of the molecule is Cc1cc(-c2cccs2)n2ncc(C(=O)O)c2n1. The zero-order chi connectivity index (χ0) is 12.7. The van der Waals surface area contributed by atoms with Crippen molar-refractivity contribution in [1.29, 1.82) is 0 Å². The molecule has 0 atom stereocenters. The molecule has 0 spiro atoms. The van der Waals surface area contributed by atoms with Crippen LogP contribution < -0.4 is 0 Å². The minimum absolute atomic E-state index is 0.122. The lowest BCUT2D eigenvalue weighted by Gasteiger charge is -2.04. The van der Waals surface area contributed by atoms with Gasteiger partial charge in [-0.2, -0.15) is 5.10 Å². The molecule has 0 aliphatic carbocycles. The van der Waals surface area contributed by atoms with Gasteiger partial charge in [-0.05, 0) is 24.4 Å². The van der Waals surface area contributed by atoms with Crippen molar-refractivity contribution in [3.05, 3.63) is 41.0 Å². The van der Waals surface area contributed by atoms with Crippen LogP contribution in [0, 0.1) is 6.92 Å². The van der Waals surface area contributed by atoms with Gasteiger partial charge < -0.3 is 5.11 Å². The van der Waals surface area contributed by atoms with E-state index < -0.39 is 5.97 Å². The molecule has 3 aromatic rings. The number of aryl methyl sites for hydroxylation is 1. The lowest BCUT2D eigenvalue weighted by atomic mass is 10.2. The number of hydrogen-bond donors (Lipinski definition) is 1. The van der Waals surface area contributed by atoms with E-state index in [-0.39, 0.29) is 5.56 Å². The van der Waals surface area contributed by atoms with Crippen LogP contribution in [0.4, 0.5) is 0 Å². The van der Waals surface area contributed by atoms with E-state index in [1.807, 2.05) is 30.5 Å². The maximum Gasteiger partial charge on any atom is 0.341 e. The molecule has 0 saturated heterocycles. The molecule has 3 heterocycles. The Morgan fingerprint density at radius 2 is 2.33 bits per heavy atom. The maximum absolute atomic E-state index is 11.1. The van der Waals surface area contributed by atoms with Gasteiger partial charge in [0.05, 0.1) is 16.8 Å². The van der Waals surface area contributed by atoms with E-state index in [0.29, 0.717) is 5.65 Å². The van der Waals surface area contributed by atoms with E-state index in [1.54, 1.807) is 15.9 Å². The van der Waals surface area contributed by atoms with Crippen LogP contribution in [0.1, 0.15) is 16.1 Å². The van der Waals surface area contributed by atoms with Gasteiger partial charge in [0.1, 0.15) is 5.56 Å². The van der Waals surface area contributed by atoms with Crippen LogP contribution in [0.3, 0.4) is 0 Å². The van der Waals surface area contributed by atoms with Crippen LogP contribution >= 0.6 is 11.3 Å². The monoisotopic (exact) mass is 259 g/mol. The van der Waals surface area contributed by atoms with Crippen LogP contribution in [0.25, 0.3) is 16.2 Å². The molecule has 18 heavy (non-hydrogen) atoms. The fourth-order valence-electron chi connectivity index (χ4n) is 1.83. The third-order valence-corrected chi connectivity index (χ3v) is 3.50. The Balaban J connectivity index is 2.36. The topological polar surface area (TPSA) is 67.5 Å². The van der Waals surface area contributed by atoms with Crippen LogP contribution in [0.5, 0.6) is 0 Å². The summed E-state index contributed by atoms with van der Waals surface area (Å²) in [6.45, 7) is 1.84. The number of carboxylic acids is 1. The average molecular weight is 259 g/mol. The summed E-state index contributed by atoms with van der Waals surface area (Å²) in [5, 5.41) is 15.2. The van der Waals surface area contributed by atoms with Crippen molar-refractivity contribution in [1.82, 2.24) is 14.6 Å².